The van der Waals surface area contributed by atoms with Crippen LogP contribution in [0.1, 0.15) is 5.56 Å². The summed E-state index contributed by atoms with van der Waals surface area (Å²) >= 11 is 9.22. The zero-order valence-electron chi connectivity index (χ0n) is 6.98. The molecule has 0 bridgehead atoms. The quantitative estimate of drug-likeness (QED) is 0.649. The molecule has 0 aromatic heterocycles. The Kier molecular flexibility index (Phi) is 4.31. The third kappa shape index (κ3) is 3.40. The molecule has 0 aliphatic rings. The van der Waals surface area contributed by atoms with Crippen LogP contribution >= 0.6 is 27.5 Å². The van der Waals surface area contributed by atoms with E-state index in [0.29, 0.717) is 6.54 Å². The van der Waals surface area contributed by atoms with Crippen LogP contribution in [-0.4, -0.2) is 6.54 Å². The summed E-state index contributed by atoms with van der Waals surface area (Å²) < 4.78 is 1.00. The Balaban J connectivity index is 2.62. The predicted molar refractivity (Wildman–Crippen MR) is 59.7 cm³/mol. The lowest BCUT2D eigenvalue weighted by molar-refractivity contribution is 0.767. The number of nitrogens with one attached hydrogen (secondary N) is 1. The van der Waals surface area contributed by atoms with Crippen LogP contribution in [0.3, 0.4) is 0 Å². The van der Waals surface area contributed by atoms with Gasteiger partial charge in [-0.05, 0) is 17.7 Å². The molecule has 0 aliphatic carbocycles. The lowest BCUT2D eigenvalue weighted by Gasteiger charge is -2.04. The molecule has 0 spiro atoms. The molecule has 13 heavy (non-hydrogen) atoms. The third-order valence-electron chi connectivity index (χ3n) is 1.56. The van der Waals surface area contributed by atoms with Gasteiger partial charge in [-0.2, -0.15) is 0 Å². The van der Waals surface area contributed by atoms with Crippen LogP contribution < -0.4 is 5.32 Å². The van der Waals surface area contributed by atoms with E-state index in [2.05, 4.69) is 27.2 Å². The van der Waals surface area contributed by atoms with Gasteiger partial charge >= 0.3 is 0 Å². The minimum Gasteiger partial charge on any atom is -0.302 e. The maximum Gasteiger partial charge on any atom is 0.0576 e. The van der Waals surface area contributed by atoms with E-state index in [4.69, 9.17) is 18.0 Å². The van der Waals surface area contributed by atoms with Crippen molar-refractivity contribution in [2.45, 2.75) is 6.54 Å². The topological polar surface area (TPSA) is 12.0 Å². The Morgan fingerprint density at radius 3 is 2.92 bits per heavy atom. The van der Waals surface area contributed by atoms with Gasteiger partial charge in [0, 0.05) is 16.0 Å². The first-order valence-corrected chi connectivity index (χ1v) is 4.99. The SMILES string of the molecule is C#CCNCc1ccc(Cl)cc1Br. The van der Waals surface area contributed by atoms with Crippen molar-refractivity contribution < 1.29 is 0 Å². The smallest absolute Gasteiger partial charge is 0.0576 e. The van der Waals surface area contributed by atoms with Crippen LogP contribution in [0.15, 0.2) is 22.7 Å². The van der Waals surface area contributed by atoms with Gasteiger partial charge in [0.05, 0.1) is 6.54 Å². The molecule has 0 saturated heterocycles. The van der Waals surface area contributed by atoms with Gasteiger partial charge in [0.1, 0.15) is 0 Å². The molecule has 0 fully saturated rings. The maximum absolute atomic E-state index is 5.80. The Morgan fingerprint density at radius 2 is 2.31 bits per heavy atom. The van der Waals surface area contributed by atoms with E-state index in [0.717, 1.165) is 21.6 Å². The highest BCUT2D eigenvalue weighted by atomic mass is 79.9. The molecule has 0 atom stereocenters. The summed E-state index contributed by atoms with van der Waals surface area (Å²) in [6.07, 6.45) is 5.11. The molecule has 0 aliphatic heterocycles. The first kappa shape index (κ1) is 10.6. The third-order valence-corrected chi connectivity index (χ3v) is 2.53. The van der Waals surface area contributed by atoms with Crippen molar-refractivity contribution in [3.05, 3.63) is 33.3 Å². The molecule has 68 valence electrons. The Bertz CT molecular complexity index is 330. The van der Waals surface area contributed by atoms with E-state index in [9.17, 15) is 0 Å². The second-order valence-electron chi connectivity index (χ2n) is 2.54. The Morgan fingerprint density at radius 1 is 1.54 bits per heavy atom. The van der Waals surface area contributed by atoms with Crippen molar-refractivity contribution in [3.8, 4) is 12.3 Å². The largest absolute Gasteiger partial charge is 0.302 e. The lowest BCUT2D eigenvalue weighted by atomic mass is 10.2. The summed E-state index contributed by atoms with van der Waals surface area (Å²) in [5.74, 6) is 2.52. The van der Waals surface area contributed by atoms with E-state index < -0.39 is 0 Å². The monoisotopic (exact) mass is 257 g/mol. The molecule has 1 aromatic carbocycles. The van der Waals surface area contributed by atoms with Crippen molar-refractivity contribution in [1.82, 2.24) is 5.32 Å². The fraction of sp³-hybridized carbons (Fsp3) is 0.200. The summed E-state index contributed by atoms with van der Waals surface area (Å²) in [6.45, 7) is 1.33. The van der Waals surface area contributed by atoms with Crippen molar-refractivity contribution in [3.63, 3.8) is 0 Å². The number of halogens is 2. The summed E-state index contributed by atoms with van der Waals surface area (Å²) in [4.78, 5) is 0. The highest BCUT2D eigenvalue weighted by molar-refractivity contribution is 9.10. The number of rotatable bonds is 3. The van der Waals surface area contributed by atoms with E-state index >= 15 is 0 Å². The number of hydrogen-bond acceptors (Lipinski definition) is 1. The first-order valence-electron chi connectivity index (χ1n) is 3.82. The van der Waals surface area contributed by atoms with Gasteiger partial charge in [0.15, 0.2) is 0 Å². The van der Waals surface area contributed by atoms with Crippen LogP contribution in [0, 0.1) is 12.3 Å². The van der Waals surface area contributed by atoms with Gasteiger partial charge in [0.25, 0.3) is 0 Å². The zero-order valence-corrected chi connectivity index (χ0v) is 9.32. The molecule has 0 amide bonds. The highest BCUT2D eigenvalue weighted by Gasteiger charge is 1.98. The molecular formula is C10H9BrClN. The fourth-order valence-electron chi connectivity index (χ4n) is 0.934. The first-order chi connectivity index (χ1) is 6.24. The van der Waals surface area contributed by atoms with E-state index in [1.807, 2.05) is 18.2 Å². The average molecular weight is 259 g/mol. The van der Waals surface area contributed by atoms with Crippen molar-refractivity contribution in [2.75, 3.05) is 6.54 Å². The normalized spacial score (nSPS) is 9.62. The van der Waals surface area contributed by atoms with Gasteiger partial charge in [-0.1, -0.05) is 39.5 Å². The predicted octanol–water partition coefficient (Wildman–Crippen LogP) is 2.83. The number of hydrogen-bond donors (Lipinski definition) is 1. The standard InChI is InChI=1S/C10H9BrClN/c1-2-5-13-7-8-3-4-9(12)6-10(8)11/h1,3-4,6,13H,5,7H2. The van der Waals surface area contributed by atoms with Crippen molar-refractivity contribution >= 4 is 27.5 Å². The van der Waals surface area contributed by atoms with E-state index in [1.54, 1.807) is 0 Å². The van der Waals surface area contributed by atoms with Gasteiger partial charge in [-0.25, -0.2) is 0 Å². The molecular weight excluding hydrogens is 249 g/mol. The van der Waals surface area contributed by atoms with Crippen LogP contribution in [0.5, 0.6) is 0 Å². The Hall–Kier alpha value is -0.490. The molecule has 1 nitrogen and oxygen atoms in total. The van der Waals surface area contributed by atoms with Gasteiger partial charge in [-0.15, -0.1) is 6.42 Å². The highest BCUT2D eigenvalue weighted by Crippen LogP contribution is 2.21. The van der Waals surface area contributed by atoms with Crippen LogP contribution in [0.4, 0.5) is 0 Å². The second kappa shape index (κ2) is 5.29. The number of terminal acetylenes is 1. The summed E-state index contributed by atoms with van der Waals surface area (Å²) in [6, 6.07) is 5.70. The van der Waals surface area contributed by atoms with Gasteiger partial charge in [0.2, 0.25) is 0 Å². The van der Waals surface area contributed by atoms with Crippen LogP contribution in [0.25, 0.3) is 0 Å². The molecule has 3 heteroatoms. The molecule has 0 radical (unpaired) electrons. The molecule has 1 N–H and O–H groups in total. The molecule has 0 unspecified atom stereocenters. The van der Waals surface area contributed by atoms with Crippen molar-refractivity contribution in [1.29, 1.82) is 0 Å². The minimum atomic E-state index is 0.578. The fourth-order valence-corrected chi connectivity index (χ4v) is 1.76. The summed E-state index contributed by atoms with van der Waals surface area (Å²) in [7, 11) is 0. The Labute approximate surface area is 91.6 Å². The zero-order chi connectivity index (χ0) is 9.68. The molecule has 1 rings (SSSR count). The second-order valence-corrected chi connectivity index (χ2v) is 3.83. The summed E-state index contributed by atoms with van der Waals surface area (Å²) in [5, 5.41) is 3.83. The molecule has 0 saturated carbocycles. The van der Waals surface area contributed by atoms with Gasteiger partial charge < -0.3 is 5.32 Å². The molecule has 1 aromatic rings. The van der Waals surface area contributed by atoms with Gasteiger partial charge in [-0.3, -0.25) is 0 Å². The van der Waals surface area contributed by atoms with E-state index in [-0.39, 0.29) is 0 Å². The van der Waals surface area contributed by atoms with E-state index in [1.165, 1.54) is 0 Å². The maximum atomic E-state index is 5.80. The molecule has 0 heterocycles. The number of benzene rings is 1. The lowest BCUT2D eigenvalue weighted by Crippen LogP contribution is -2.13. The minimum absolute atomic E-state index is 0.578. The summed E-state index contributed by atoms with van der Waals surface area (Å²) in [5.41, 5.74) is 1.15. The van der Waals surface area contributed by atoms with Crippen LogP contribution in [-0.2, 0) is 6.54 Å². The average Bonchev–Trinajstić information content (AvgIpc) is 2.09. The van der Waals surface area contributed by atoms with Crippen LogP contribution in [0.2, 0.25) is 5.02 Å². The van der Waals surface area contributed by atoms with Crippen molar-refractivity contribution in [2.24, 2.45) is 0 Å².